The van der Waals surface area contributed by atoms with Crippen LogP contribution in [0.2, 0.25) is 0 Å². The Balaban J connectivity index is 2.02. The van der Waals surface area contributed by atoms with Crippen molar-refractivity contribution in [3.63, 3.8) is 0 Å². The molecule has 0 aliphatic rings. The molecule has 0 unspecified atom stereocenters. The van der Waals surface area contributed by atoms with Crippen molar-refractivity contribution < 1.29 is 19.0 Å². The van der Waals surface area contributed by atoms with Crippen LogP contribution in [0.1, 0.15) is 35.7 Å². The summed E-state index contributed by atoms with van der Waals surface area (Å²) in [5.74, 6) is 1.22. The predicted octanol–water partition coefficient (Wildman–Crippen LogP) is 4.45. The number of anilines is 1. The summed E-state index contributed by atoms with van der Waals surface area (Å²) in [6, 6.07) is 12.8. The molecule has 0 aliphatic heterocycles. The van der Waals surface area contributed by atoms with Crippen LogP contribution in [0.4, 0.5) is 5.69 Å². The molecule has 26 heavy (non-hydrogen) atoms. The van der Waals surface area contributed by atoms with E-state index in [9.17, 15) is 4.79 Å². The highest BCUT2D eigenvalue weighted by molar-refractivity contribution is 6.05. The van der Waals surface area contributed by atoms with Crippen molar-refractivity contribution in [2.45, 2.75) is 26.7 Å². The third-order valence-corrected chi connectivity index (χ3v) is 3.81. The van der Waals surface area contributed by atoms with E-state index in [1.165, 1.54) is 0 Å². The number of rotatable bonds is 10. The summed E-state index contributed by atoms with van der Waals surface area (Å²) in [5, 5.41) is 2.91. The first-order chi connectivity index (χ1) is 12.6. The average Bonchev–Trinajstić information content (AvgIpc) is 2.65. The largest absolute Gasteiger partial charge is 0.494 e. The lowest BCUT2D eigenvalue weighted by Gasteiger charge is -2.13. The number of nitrogens with one attached hydrogen (secondary N) is 1. The Hall–Kier alpha value is -2.53. The van der Waals surface area contributed by atoms with E-state index in [4.69, 9.17) is 14.2 Å². The molecule has 2 aromatic rings. The minimum Gasteiger partial charge on any atom is -0.494 e. The summed E-state index contributed by atoms with van der Waals surface area (Å²) in [4.78, 5) is 12.5. The lowest BCUT2D eigenvalue weighted by atomic mass is 10.1. The van der Waals surface area contributed by atoms with E-state index in [1.54, 1.807) is 19.2 Å². The third kappa shape index (κ3) is 6.08. The molecular weight excluding hydrogens is 330 g/mol. The van der Waals surface area contributed by atoms with E-state index in [2.05, 4.69) is 12.2 Å². The van der Waals surface area contributed by atoms with Crippen LogP contribution in [0.3, 0.4) is 0 Å². The highest BCUT2D eigenvalue weighted by Gasteiger charge is 2.11. The number of ether oxygens (including phenoxy) is 3. The van der Waals surface area contributed by atoms with Crippen LogP contribution in [-0.2, 0) is 4.74 Å². The van der Waals surface area contributed by atoms with Gasteiger partial charge >= 0.3 is 0 Å². The summed E-state index contributed by atoms with van der Waals surface area (Å²) < 4.78 is 16.3. The number of methoxy groups -OCH3 is 1. The van der Waals surface area contributed by atoms with Crippen LogP contribution in [0.5, 0.6) is 11.5 Å². The van der Waals surface area contributed by atoms with Gasteiger partial charge in [0.15, 0.2) is 0 Å². The molecule has 0 aromatic heterocycles. The molecule has 0 saturated carbocycles. The molecule has 0 spiro atoms. The van der Waals surface area contributed by atoms with E-state index in [-0.39, 0.29) is 5.91 Å². The normalized spacial score (nSPS) is 10.4. The van der Waals surface area contributed by atoms with E-state index >= 15 is 0 Å². The Labute approximate surface area is 155 Å². The summed E-state index contributed by atoms with van der Waals surface area (Å²) in [6.45, 7) is 5.70. The second-order valence-corrected chi connectivity index (χ2v) is 6.02. The Kier molecular flexibility index (Phi) is 7.96. The first kappa shape index (κ1) is 19.8. The second-order valence-electron chi connectivity index (χ2n) is 6.02. The van der Waals surface area contributed by atoms with E-state index in [0.717, 1.165) is 24.2 Å². The molecule has 5 nitrogen and oxygen atoms in total. The Morgan fingerprint density at radius 1 is 1.00 bits per heavy atom. The maximum atomic E-state index is 12.5. The predicted molar refractivity (Wildman–Crippen MR) is 103 cm³/mol. The zero-order chi connectivity index (χ0) is 18.8. The number of amides is 1. The molecule has 0 aliphatic carbocycles. The van der Waals surface area contributed by atoms with Gasteiger partial charge in [-0.1, -0.05) is 19.4 Å². The van der Waals surface area contributed by atoms with E-state index < -0.39 is 0 Å². The summed E-state index contributed by atoms with van der Waals surface area (Å²) in [5.41, 5.74) is 2.26. The fourth-order valence-corrected chi connectivity index (χ4v) is 2.32. The molecule has 2 aromatic carbocycles. The zero-order valence-corrected chi connectivity index (χ0v) is 15.7. The van der Waals surface area contributed by atoms with Gasteiger partial charge in [0.05, 0.1) is 18.9 Å². The van der Waals surface area contributed by atoms with Crippen molar-refractivity contribution in [2.75, 3.05) is 32.2 Å². The van der Waals surface area contributed by atoms with Crippen LogP contribution in [0.25, 0.3) is 0 Å². The van der Waals surface area contributed by atoms with Crippen molar-refractivity contribution in [3.05, 3.63) is 53.6 Å². The molecule has 0 fully saturated rings. The summed E-state index contributed by atoms with van der Waals surface area (Å²) >= 11 is 0. The Bertz CT molecular complexity index is 698. The number of carbonyl (C=O) groups is 1. The van der Waals surface area contributed by atoms with E-state index in [0.29, 0.717) is 36.8 Å². The van der Waals surface area contributed by atoms with Gasteiger partial charge in [-0.15, -0.1) is 0 Å². The van der Waals surface area contributed by atoms with E-state index in [1.807, 2.05) is 37.3 Å². The fraction of sp³-hybridized carbons (Fsp3) is 0.381. The SMILES string of the molecule is CCCCOc1ccc(C(=O)Nc2ccc(C)cc2OCCOC)cc1. The third-order valence-electron chi connectivity index (χ3n) is 3.81. The summed E-state index contributed by atoms with van der Waals surface area (Å²) in [6.07, 6.45) is 2.10. The zero-order valence-electron chi connectivity index (χ0n) is 15.7. The quantitative estimate of drug-likeness (QED) is 0.638. The number of hydrogen-bond acceptors (Lipinski definition) is 4. The van der Waals surface area contributed by atoms with Crippen LogP contribution >= 0.6 is 0 Å². The first-order valence-corrected chi connectivity index (χ1v) is 8.90. The van der Waals surface area contributed by atoms with Crippen LogP contribution < -0.4 is 14.8 Å². The Morgan fingerprint density at radius 2 is 1.77 bits per heavy atom. The van der Waals surface area contributed by atoms with Crippen LogP contribution in [-0.4, -0.2) is 32.8 Å². The summed E-state index contributed by atoms with van der Waals surface area (Å²) in [7, 11) is 1.62. The van der Waals surface area contributed by atoms with Gasteiger partial charge in [0.25, 0.3) is 5.91 Å². The molecule has 1 N–H and O–H groups in total. The van der Waals surface area contributed by atoms with Gasteiger partial charge in [-0.2, -0.15) is 0 Å². The van der Waals surface area contributed by atoms with Crippen molar-refractivity contribution in [2.24, 2.45) is 0 Å². The van der Waals surface area contributed by atoms with Gasteiger partial charge in [-0.05, 0) is 55.3 Å². The van der Waals surface area contributed by atoms with Gasteiger partial charge in [0.1, 0.15) is 18.1 Å². The minimum absolute atomic E-state index is 0.189. The van der Waals surface area contributed by atoms with Crippen LogP contribution in [0.15, 0.2) is 42.5 Å². The highest BCUT2D eigenvalue weighted by Crippen LogP contribution is 2.26. The van der Waals surface area contributed by atoms with Crippen molar-refractivity contribution in [1.29, 1.82) is 0 Å². The fourth-order valence-electron chi connectivity index (χ4n) is 2.32. The molecule has 2 rings (SSSR count). The molecule has 140 valence electrons. The monoisotopic (exact) mass is 357 g/mol. The number of carbonyl (C=O) groups excluding carboxylic acids is 1. The Morgan fingerprint density at radius 3 is 2.46 bits per heavy atom. The average molecular weight is 357 g/mol. The standard InChI is InChI=1S/C21H27NO4/c1-4-5-12-25-18-9-7-17(8-10-18)21(23)22-19-11-6-16(2)15-20(19)26-14-13-24-3/h6-11,15H,4-5,12-14H2,1-3H3,(H,22,23). The molecule has 0 radical (unpaired) electrons. The highest BCUT2D eigenvalue weighted by atomic mass is 16.5. The lowest BCUT2D eigenvalue weighted by molar-refractivity contribution is 0.102. The van der Waals surface area contributed by atoms with Gasteiger partial charge in [-0.3, -0.25) is 4.79 Å². The molecule has 0 saturated heterocycles. The number of benzene rings is 2. The maximum Gasteiger partial charge on any atom is 0.255 e. The van der Waals surface area contributed by atoms with Gasteiger partial charge in [-0.25, -0.2) is 0 Å². The van der Waals surface area contributed by atoms with Gasteiger partial charge in [0.2, 0.25) is 0 Å². The minimum atomic E-state index is -0.189. The number of unbranched alkanes of at least 4 members (excludes halogenated alkanes) is 1. The molecule has 0 atom stereocenters. The molecule has 1 amide bonds. The van der Waals surface area contributed by atoms with Crippen molar-refractivity contribution >= 4 is 11.6 Å². The lowest BCUT2D eigenvalue weighted by Crippen LogP contribution is -2.14. The van der Waals surface area contributed by atoms with Gasteiger partial charge in [0, 0.05) is 12.7 Å². The first-order valence-electron chi connectivity index (χ1n) is 8.90. The molecule has 0 bridgehead atoms. The van der Waals surface area contributed by atoms with Crippen molar-refractivity contribution in [3.8, 4) is 11.5 Å². The smallest absolute Gasteiger partial charge is 0.255 e. The van der Waals surface area contributed by atoms with Crippen LogP contribution in [0, 0.1) is 6.92 Å². The number of aryl methyl sites for hydroxylation is 1. The van der Waals surface area contributed by atoms with Gasteiger partial charge < -0.3 is 19.5 Å². The van der Waals surface area contributed by atoms with Crippen molar-refractivity contribution in [1.82, 2.24) is 0 Å². The molecular formula is C21H27NO4. The molecule has 0 heterocycles. The molecule has 5 heteroatoms. The second kappa shape index (κ2) is 10.5. The topological polar surface area (TPSA) is 56.8 Å². The number of hydrogen-bond donors (Lipinski definition) is 1. The maximum absolute atomic E-state index is 12.5.